The first kappa shape index (κ1) is 19.4. The lowest BCUT2D eigenvalue weighted by atomic mass is 10.0. The van der Waals surface area contributed by atoms with E-state index in [1.165, 1.54) is 22.5 Å². The molecule has 27 heavy (non-hydrogen) atoms. The number of nitrogens with zero attached hydrogens (tertiary/aromatic N) is 1. The number of carbonyl (C=O) groups is 2. The quantitative estimate of drug-likeness (QED) is 0.414. The van der Waals surface area contributed by atoms with Gasteiger partial charge in [-0.2, -0.15) is 0 Å². The van der Waals surface area contributed by atoms with Gasteiger partial charge in [0.1, 0.15) is 5.56 Å². The van der Waals surface area contributed by atoms with E-state index in [1.54, 1.807) is 26.0 Å². The second-order valence-corrected chi connectivity index (χ2v) is 7.67. The van der Waals surface area contributed by atoms with E-state index in [2.05, 4.69) is 0 Å². The van der Waals surface area contributed by atoms with Gasteiger partial charge in [-0.15, -0.1) is 11.8 Å². The van der Waals surface area contributed by atoms with Crippen LogP contribution in [0.3, 0.4) is 0 Å². The summed E-state index contributed by atoms with van der Waals surface area (Å²) >= 11 is 1.40. The zero-order valence-electron chi connectivity index (χ0n) is 15.0. The molecule has 0 amide bonds. The van der Waals surface area contributed by atoms with Gasteiger partial charge in [0.2, 0.25) is 5.43 Å². The highest BCUT2D eigenvalue weighted by atomic mass is 32.2. The summed E-state index contributed by atoms with van der Waals surface area (Å²) in [7, 11) is 0. The van der Waals surface area contributed by atoms with Crippen LogP contribution >= 0.6 is 11.8 Å². The molecule has 1 aliphatic rings. The van der Waals surface area contributed by atoms with E-state index >= 15 is 0 Å². The normalized spacial score (nSPS) is 15.0. The number of esters is 1. The molecule has 0 fully saturated rings. The molecule has 0 atom stereocenters. The Morgan fingerprint density at radius 2 is 2.07 bits per heavy atom. The molecular weight excluding hydrogens is 372 g/mol. The van der Waals surface area contributed by atoms with Crippen molar-refractivity contribution in [2.45, 2.75) is 24.5 Å². The van der Waals surface area contributed by atoms with Gasteiger partial charge in [-0.25, -0.2) is 9.59 Å². The molecule has 1 aromatic heterocycles. The number of pyridine rings is 1. The Hall–Kier alpha value is -2.36. The Labute approximate surface area is 159 Å². The maximum atomic E-state index is 12.7. The van der Waals surface area contributed by atoms with Crippen LogP contribution in [0.4, 0.5) is 0 Å². The third kappa shape index (κ3) is 3.58. The fourth-order valence-electron chi connectivity index (χ4n) is 2.99. The van der Waals surface area contributed by atoms with Crippen LogP contribution in [0.5, 0.6) is 0 Å². The first-order chi connectivity index (χ1) is 12.8. The highest BCUT2D eigenvalue weighted by Gasteiger charge is 2.35. The van der Waals surface area contributed by atoms with E-state index < -0.39 is 23.1 Å². The molecule has 2 heterocycles. The van der Waals surface area contributed by atoms with Gasteiger partial charge in [0, 0.05) is 28.8 Å². The predicted molar refractivity (Wildman–Crippen MR) is 101 cm³/mol. The Morgan fingerprint density at radius 3 is 2.74 bits per heavy atom. The second-order valence-electron chi connectivity index (χ2n) is 6.50. The first-order valence-electron chi connectivity index (χ1n) is 8.37. The zero-order chi connectivity index (χ0) is 19.8. The Kier molecular flexibility index (Phi) is 5.27. The van der Waals surface area contributed by atoms with Gasteiger partial charge in [-0.05, 0) is 26.0 Å². The van der Waals surface area contributed by atoms with Crippen LogP contribution < -0.4 is 11.2 Å². The second kappa shape index (κ2) is 7.34. The third-order valence-corrected chi connectivity index (χ3v) is 5.14. The number of benzene rings is 1. The van der Waals surface area contributed by atoms with E-state index in [-0.39, 0.29) is 16.5 Å². The van der Waals surface area contributed by atoms with Crippen molar-refractivity contribution in [3.05, 3.63) is 39.7 Å². The fraction of sp³-hybridized carbons (Fsp3) is 0.389. The summed E-state index contributed by atoms with van der Waals surface area (Å²) in [6, 6.07) is 3.27. The van der Waals surface area contributed by atoms with E-state index in [4.69, 9.17) is 15.2 Å². The van der Waals surface area contributed by atoms with E-state index in [9.17, 15) is 19.5 Å². The number of hydrogen-bond acceptors (Lipinski definition) is 7. The average Bonchev–Trinajstić information content (AvgIpc) is 2.59. The number of carboxylic acids is 1. The van der Waals surface area contributed by atoms with Gasteiger partial charge in [0.15, 0.2) is 5.72 Å². The molecule has 3 N–H and O–H groups in total. The average molecular weight is 392 g/mol. The number of nitrogens with two attached hydrogens (primary N) is 1. The number of thioether (sulfide) groups is 1. The lowest BCUT2D eigenvalue weighted by molar-refractivity contribution is -0.0443. The highest BCUT2D eigenvalue weighted by Crippen LogP contribution is 2.34. The minimum absolute atomic E-state index is 0.183. The molecule has 3 rings (SSSR count). The molecule has 1 aliphatic heterocycles. The zero-order valence-corrected chi connectivity index (χ0v) is 15.8. The summed E-state index contributed by atoms with van der Waals surface area (Å²) in [5.74, 6) is -1.28. The smallest absolute Gasteiger partial charge is 0.342 e. The summed E-state index contributed by atoms with van der Waals surface area (Å²) in [5.41, 5.74) is 3.90. The van der Waals surface area contributed by atoms with Crippen molar-refractivity contribution in [2.24, 2.45) is 5.73 Å². The summed E-state index contributed by atoms with van der Waals surface area (Å²) in [4.78, 5) is 37.4. The minimum atomic E-state index is -1.33. The van der Waals surface area contributed by atoms with Crippen molar-refractivity contribution in [1.82, 2.24) is 4.57 Å². The van der Waals surface area contributed by atoms with Crippen LogP contribution in [0.25, 0.3) is 10.9 Å². The molecule has 0 saturated carbocycles. The topological polar surface area (TPSA) is 121 Å². The van der Waals surface area contributed by atoms with Crippen LogP contribution in [0.15, 0.2) is 28.0 Å². The summed E-state index contributed by atoms with van der Waals surface area (Å²) < 4.78 is 12.3. The summed E-state index contributed by atoms with van der Waals surface area (Å²) in [5, 5.41) is 9.58. The van der Waals surface area contributed by atoms with Crippen LogP contribution in [0.1, 0.15) is 34.6 Å². The maximum absolute atomic E-state index is 12.7. The largest absolute Gasteiger partial charge is 0.477 e. The van der Waals surface area contributed by atoms with Gasteiger partial charge in [-0.1, -0.05) is 0 Å². The third-order valence-electron chi connectivity index (χ3n) is 4.20. The lowest BCUT2D eigenvalue weighted by Gasteiger charge is -2.34. The molecule has 2 aromatic rings. The van der Waals surface area contributed by atoms with Crippen LogP contribution in [0.2, 0.25) is 0 Å². The number of rotatable bonds is 7. The monoisotopic (exact) mass is 392 g/mol. The molecule has 0 bridgehead atoms. The van der Waals surface area contributed by atoms with Gasteiger partial charge in [0.25, 0.3) is 0 Å². The number of aromatic carboxylic acids is 1. The minimum Gasteiger partial charge on any atom is -0.477 e. The summed E-state index contributed by atoms with van der Waals surface area (Å²) in [6.07, 6.45) is 1.23. The molecule has 0 spiro atoms. The maximum Gasteiger partial charge on any atom is 0.342 e. The van der Waals surface area contributed by atoms with Crippen molar-refractivity contribution in [2.75, 3.05) is 25.5 Å². The van der Waals surface area contributed by atoms with E-state index in [1.807, 2.05) is 0 Å². The highest BCUT2D eigenvalue weighted by molar-refractivity contribution is 7.99. The van der Waals surface area contributed by atoms with Crippen molar-refractivity contribution in [3.8, 4) is 0 Å². The van der Waals surface area contributed by atoms with E-state index in [0.29, 0.717) is 35.9 Å². The van der Waals surface area contributed by atoms with Gasteiger partial charge in [-0.3, -0.25) is 4.79 Å². The Bertz CT molecular complexity index is 982. The van der Waals surface area contributed by atoms with Crippen LogP contribution in [-0.2, 0) is 15.2 Å². The number of hydrogen-bond donors (Lipinski definition) is 2. The number of carbonyl (C=O) groups excluding carboxylic acids is 1. The number of carboxylic acid groups (broad SMARTS) is 1. The molecule has 1 aromatic carbocycles. The van der Waals surface area contributed by atoms with Crippen molar-refractivity contribution < 1.29 is 24.2 Å². The number of ether oxygens (including phenoxy) is 2. The predicted octanol–water partition coefficient (Wildman–Crippen LogP) is 1.63. The first-order valence-corrected chi connectivity index (χ1v) is 9.36. The van der Waals surface area contributed by atoms with Gasteiger partial charge < -0.3 is 24.9 Å². The molecular formula is C18H20N2O6S. The number of cyclic esters (lactones) is 1. The summed E-state index contributed by atoms with van der Waals surface area (Å²) in [6.45, 7) is 4.63. The Balaban J connectivity index is 2.14. The standard InChI is InChI=1S/C18H20N2O6S/c1-18(2)20-9-13(16(22)23)15(21)11-7-10(27-6-5-25-4-3-19)8-12(14(11)20)17(24)26-18/h7-9H,3-6,19H2,1-2H3,(H,22,23). The molecule has 0 radical (unpaired) electrons. The van der Waals surface area contributed by atoms with E-state index in [0.717, 1.165) is 0 Å². The fourth-order valence-corrected chi connectivity index (χ4v) is 3.83. The molecule has 0 saturated heterocycles. The molecule has 144 valence electrons. The molecule has 0 unspecified atom stereocenters. The lowest BCUT2D eigenvalue weighted by Crippen LogP contribution is -2.39. The van der Waals surface area contributed by atoms with Crippen molar-refractivity contribution in [3.63, 3.8) is 0 Å². The van der Waals surface area contributed by atoms with Crippen molar-refractivity contribution >= 4 is 34.6 Å². The molecule has 9 heteroatoms. The molecule has 0 aliphatic carbocycles. The molecule has 8 nitrogen and oxygen atoms in total. The van der Waals surface area contributed by atoms with Crippen LogP contribution in [-0.4, -0.2) is 47.1 Å². The SMILES string of the molecule is CC1(C)OC(=O)c2cc(SCCOCCN)cc3c(=O)c(C(=O)O)cn1c23. The Morgan fingerprint density at radius 1 is 1.33 bits per heavy atom. The van der Waals surface area contributed by atoms with Crippen LogP contribution in [0, 0.1) is 0 Å². The number of aromatic nitrogens is 1. The van der Waals surface area contributed by atoms with Gasteiger partial charge in [0.05, 0.1) is 24.3 Å². The van der Waals surface area contributed by atoms with Gasteiger partial charge >= 0.3 is 11.9 Å². The van der Waals surface area contributed by atoms with Crippen molar-refractivity contribution in [1.29, 1.82) is 0 Å².